The number of Topliss-reactive ketones (excluding diaryl/α,β-unsaturated/α-hetero) is 1. The fourth-order valence-electron chi connectivity index (χ4n) is 4.34. The van der Waals surface area contributed by atoms with Crippen molar-refractivity contribution in [2.24, 2.45) is 11.8 Å². The minimum absolute atomic E-state index is 0.0508. The second-order valence-corrected chi connectivity index (χ2v) is 7.84. The van der Waals surface area contributed by atoms with Crippen LogP contribution in [-0.2, 0) is 6.42 Å². The number of aliphatic hydroxyl groups excluding tert-OH is 1. The summed E-state index contributed by atoms with van der Waals surface area (Å²) < 4.78 is 0. The summed E-state index contributed by atoms with van der Waals surface area (Å²) >= 11 is 0. The Kier molecular flexibility index (Phi) is 6.81. The molecule has 0 amide bonds. The number of hydrogen-bond acceptors (Lipinski definition) is 3. The van der Waals surface area contributed by atoms with Crippen molar-refractivity contribution in [1.82, 2.24) is 4.90 Å². The fraction of sp³-hybridized carbons (Fsp3) is 0.458. The molecule has 1 aliphatic heterocycles. The summed E-state index contributed by atoms with van der Waals surface area (Å²) in [5, 5.41) is 9.66. The van der Waals surface area contributed by atoms with Gasteiger partial charge in [-0.15, -0.1) is 0 Å². The number of fused-ring (bicyclic) bond motifs is 1. The van der Waals surface area contributed by atoms with Gasteiger partial charge in [-0.3, -0.25) is 9.69 Å². The Hall–Kier alpha value is -1.97. The molecule has 0 radical (unpaired) electrons. The third kappa shape index (κ3) is 5.06. The second kappa shape index (κ2) is 9.29. The molecular weight excluding hydrogens is 334 g/mol. The number of likely N-dealkylation sites (tertiary alicyclic amines) is 1. The Balaban J connectivity index is 0.000000221. The number of rotatable bonds is 4. The molecule has 2 unspecified atom stereocenters. The standard InChI is InChI=1S/C16H21NO2.C8H10/c1-11(16(19)12-5-3-2-4-6-12)17-9-13-7-15(18)8-14(13)10-17;1-2-8-6-4-3-5-7-8/h2-6,11,13-15,18H,7-10H2,1H3;3-7H,2H2,1H3/t11?,13-,14+,15?;. The molecule has 0 spiro atoms. The summed E-state index contributed by atoms with van der Waals surface area (Å²) in [6.07, 6.45) is 2.85. The van der Waals surface area contributed by atoms with E-state index in [9.17, 15) is 9.90 Å². The van der Waals surface area contributed by atoms with Crippen molar-refractivity contribution in [3.05, 3.63) is 71.8 Å². The van der Waals surface area contributed by atoms with Crippen molar-refractivity contribution in [3.63, 3.8) is 0 Å². The third-order valence-electron chi connectivity index (χ3n) is 5.99. The Morgan fingerprint density at radius 1 is 1.00 bits per heavy atom. The molecule has 1 N–H and O–H groups in total. The van der Waals surface area contributed by atoms with Crippen LogP contribution in [0.15, 0.2) is 60.7 Å². The highest BCUT2D eigenvalue weighted by Crippen LogP contribution is 2.38. The molecule has 1 aliphatic carbocycles. The van der Waals surface area contributed by atoms with E-state index >= 15 is 0 Å². The number of nitrogens with zero attached hydrogens (tertiary/aromatic N) is 1. The Labute approximate surface area is 163 Å². The van der Waals surface area contributed by atoms with Gasteiger partial charge in [0.2, 0.25) is 0 Å². The van der Waals surface area contributed by atoms with Gasteiger partial charge in [0, 0.05) is 18.7 Å². The number of aryl methyl sites for hydroxylation is 1. The van der Waals surface area contributed by atoms with Crippen LogP contribution in [0.4, 0.5) is 0 Å². The smallest absolute Gasteiger partial charge is 0.179 e. The minimum atomic E-state index is -0.114. The van der Waals surface area contributed by atoms with Crippen LogP contribution < -0.4 is 0 Å². The van der Waals surface area contributed by atoms with Crippen LogP contribution in [-0.4, -0.2) is 41.0 Å². The zero-order chi connectivity index (χ0) is 19.2. The lowest BCUT2D eigenvalue weighted by atomic mass is 10.0. The van der Waals surface area contributed by atoms with Gasteiger partial charge >= 0.3 is 0 Å². The average molecular weight is 366 g/mol. The van der Waals surface area contributed by atoms with E-state index in [0.29, 0.717) is 11.8 Å². The van der Waals surface area contributed by atoms with E-state index in [1.165, 1.54) is 5.56 Å². The van der Waals surface area contributed by atoms with Crippen molar-refractivity contribution in [2.75, 3.05) is 13.1 Å². The zero-order valence-electron chi connectivity index (χ0n) is 16.4. The lowest BCUT2D eigenvalue weighted by Gasteiger charge is -2.24. The van der Waals surface area contributed by atoms with Crippen molar-refractivity contribution in [2.45, 2.75) is 45.3 Å². The molecule has 0 bridgehead atoms. The van der Waals surface area contributed by atoms with E-state index < -0.39 is 0 Å². The van der Waals surface area contributed by atoms with E-state index in [0.717, 1.165) is 37.9 Å². The molecule has 1 saturated heterocycles. The highest BCUT2D eigenvalue weighted by molar-refractivity contribution is 5.99. The van der Waals surface area contributed by atoms with Crippen molar-refractivity contribution >= 4 is 5.78 Å². The van der Waals surface area contributed by atoms with Crippen LogP contribution in [0.5, 0.6) is 0 Å². The summed E-state index contributed by atoms with van der Waals surface area (Å²) in [4.78, 5) is 14.7. The van der Waals surface area contributed by atoms with Gasteiger partial charge in [0.15, 0.2) is 5.78 Å². The maximum absolute atomic E-state index is 12.4. The first kappa shape index (κ1) is 19.8. The number of benzene rings is 2. The summed E-state index contributed by atoms with van der Waals surface area (Å²) in [6.45, 7) is 6.09. The van der Waals surface area contributed by atoms with Gasteiger partial charge in [-0.05, 0) is 43.6 Å². The molecule has 2 aromatic rings. The molecule has 144 valence electrons. The molecule has 2 aromatic carbocycles. The van der Waals surface area contributed by atoms with Crippen molar-refractivity contribution in [3.8, 4) is 0 Å². The summed E-state index contributed by atoms with van der Waals surface area (Å²) in [5.74, 6) is 1.38. The zero-order valence-corrected chi connectivity index (χ0v) is 16.4. The fourth-order valence-corrected chi connectivity index (χ4v) is 4.34. The largest absolute Gasteiger partial charge is 0.393 e. The average Bonchev–Trinajstić information content (AvgIpc) is 3.26. The highest BCUT2D eigenvalue weighted by Gasteiger charge is 2.42. The van der Waals surface area contributed by atoms with E-state index in [-0.39, 0.29) is 17.9 Å². The summed E-state index contributed by atoms with van der Waals surface area (Å²) in [7, 11) is 0. The Morgan fingerprint density at radius 2 is 1.52 bits per heavy atom. The van der Waals surface area contributed by atoms with E-state index in [2.05, 4.69) is 36.1 Å². The second-order valence-electron chi connectivity index (χ2n) is 7.84. The number of ketones is 1. The molecule has 1 saturated carbocycles. The third-order valence-corrected chi connectivity index (χ3v) is 5.99. The maximum atomic E-state index is 12.4. The molecule has 27 heavy (non-hydrogen) atoms. The van der Waals surface area contributed by atoms with Crippen LogP contribution in [0.1, 0.15) is 42.6 Å². The molecule has 2 fully saturated rings. The summed E-state index contributed by atoms with van der Waals surface area (Å²) in [6, 6.07) is 19.9. The van der Waals surface area contributed by atoms with E-state index in [1.807, 2.05) is 43.3 Å². The topological polar surface area (TPSA) is 40.5 Å². The number of aliphatic hydroxyl groups is 1. The summed E-state index contributed by atoms with van der Waals surface area (Å²) in [5.41, 5.74) is 2.21. The predicted octanol–water partition coefficient (Wildman–Crippen LogP) is 4.21. The van der Waals surface area contributed by atoms with Crippen LogP contribution in [0.2, 0.25) is 0 Å². The van der Waals surface area contributed by atoms with Crippen LogP contribution in [0.3, 0.4) is 0 Å². The molecule has 4 atom stereocenters. The Morgan fingerprint density at radius 3 is 2.00 bits per heavy atom. The van der Waals surface area contributed by atoms with Gasteiger partial charge in [0.05, 0.1) is 12.1 Å². The first-order valence-electron chi connectivity index (χ1n) is 10.1. The minimum Gasteiger partial charge on any atom is -0.393 e. The number of hydrogen-bond donors (Lipinski definition) is 1. The van der Waals surface area contributed by atoms with Gasteiger partial charge in [0.1, 0.15) is 0 Å². The normalized spacial score (nSPS) is 25.4. The molecular formula is C24H31NO2. The van der Waals surface area contributed by atoms with Gasteiger partial charge in [-0.1, -0.05) is 67.6 Å². The van der Waals surface area contributed by atoms with Crippen LogP contribution >= 0.6 is 0 Å². The highest BCUT2D eigenvalue weighted by atomic mass is 16.3. The molecule has 1 heterocycles. The van der Waals surface area contributed by atoms with Crippen LogP contribution in [0, 0.1) is 11.8 Å². The maximum Gasteiger partial charge on any atom is 0.179 e. The van der Waals surface area contributed by atoms with Crippen molar-refractivity contribution < 1.29 is 9.90 Å². The van der Waals surface area contributed by atoms with Gasteiger partial charge in [-0.25, -0.2) is 0 Å². The molecule has 3 nitrogen and oxygen atoms in total. The monoisotopic (exact) mass is 365 g/mol. The molecule has 4 rings (SSSR count). The van der Waals surface area contributed by atoms with Crippen LogP contribution in [0.25, 0.3) is 0 Å². The lowest BCUT2D eigenvalue weighted by molar-refractivity contribution is 0.0847. The number of carbonyl (C=O) groups excluding carboxylic acids is 1. The Bertz CT molecular complexity index is 702. The first-order valence-corrected chi connectivity index (χ1v) is 10.1. The van der Waals surface area contributed by atoms with Gasteiger partial charge in [-0.2, -0.15) is 0 Å². The van der Waals surface area contributed by atoms with E-state index in [4.69, 9.17) is 0 Å². The predicted molar refractivity (Wildman–Crippen MR) is 110 cm³/mol. The first-order chi connectivity index (χ1) is 13.1. The lowest BCUT2D eigenvalue weighted by Crippen LogP contribution is -2.38. The molecule has 3 heteroatoms. The molecule has 2 aliphatic rings. The molecule has 0 aromatic heterocycles. The van der Waals surface area contributed by atoms with Crippen molar-refractivity contribution in [1.29, 1.82) is 0 Å². The quantitative estimate of drug-likeness (QED) is 0.825. The number of carbonyl (C=O) groups is 1. The van der Waals surface area contributed by atoms with Gasteiger partial charge in [0.25, 0.3) is 0 Å². The van der Waals surface area contributed by atoms with E-state index in [1.54, 1.807) is 0 Å². The SMILES string of the molecule is CC(C(=O)c1ccccc1)N1C[C@H]2CC(O)C[C@H]2C1.CCc1ccccc1. The van der Waals surface area contributed by atoms with Gasteiger partial charge < -0.3 is 5.11 Å².